The number of piperazine rings is 1. The number of fused-ring (bicyclic) bond motifs is 1. The molecule has 4 heterocycles. The molecule has 160 valence electrons. The molecule has 2 N–H and O–H groups in total. The highest BCUT2D eigenvalue weighted by molar-refractivity contribution is 7.15. The zero-order valence-corrected chi connectivity index (χ0v) is 18.7. The number of likely N-dealkylation sites (N-methyl/N-ethyl adjacent to an activating group) is 1. The van der Waals surface area contributed by atoms with E-state index >= 15 is 0 Å². The lowest BCUT2D eigenvalue weighted by Gasteiger charge is -2.33. The molecule has 8 nitrogen and oxygen atoms in total. The summed E-state index contributed by atoms with van der Waals surface area (Å²) >= 11 is 1.59. The van der Waals surface area contributed by atoms with Gasteiger partial charge in [-0.1, -0.05) is 0 Å². The van der Waals surface area contributed by atoms with Gasteiger partial charge in [-0.2, -0.15) is 9.97 Å². The summed E-state index contributed by atoms with van der Waals surface area (Å²) in [5.41, 5.74) is 2.20. The number of aryl methyl sites for hydroxylation is 2. The molecule has 0 saturated carbocycles. The number of aromatic amines is 1. The molecule has 0 bridgehead atoms. The van der Waals surface area contributed by atoms with Crippen molar-refractivity contribution in [3.8, 4) is 11.8 Å². The Morgan fingerprint density at radius 2 is 1.90 bits per heavy atom. The topological polar surface area (TPSA) is 82.2 Å². The molecule has 1 fully saturated rings. The summed E-state index contributed by atoms with van der Waals surface area (Å²) < 4.78 is 6.10. The third-order valence-corrected chi connectivity index (χ3v) is 6.14. The number of benzene rings is 1. The van der Waals surface area contributed by atoms with Crippen LogP contribution in [0.3, 0.4) is 0 Å². The maximum absolute atomic E-state index is 6.10. The van der Waals surface area contributed by atoms with E-state index in [1.165, 1.54) is 0 Å². The summed E-state index contributed by atoms with van der Waals surface area (Å²) in [6.07, 6.45) is 1.85. The van der Waals surface area contributed by atoms with Crippen LogP contribution in [0.5, 0.6) is 11.8 Å². The fourth-order valence-corrected chi connectivity index (χ4v) is 4.34. The molecular weight excluding hydrogens is 410 g/mol. The summed E-state index contributed by atoms with van der Waals surface area (Å²) in [5, 5.41) is 5.21. The van der Waals surface area contributed by atoms with Crippen molar-refractivity contribution in [3.05, 3.63) is 47.1 Å². The Balaban J connectivity index is 1.46. The number of rotatable bonds is 5. The molecule has 1 aliphatic heterocycles. The molecular formula is C22H25N7OS. The number of nitrogens with zero attached hydrogens (tertiary/aromatic N) is 5. The van der Waals surface area contributed by atoms with Crippen molar-refractivity contribution < 1.29 is 4.74 Å². The smallest absolute Gasteiger partial charge is 0.325 e. The first-order valence-electron chi connectivity index (χ1n) is 10.3. The van der Waals surface area contributed by atoms with Gasteiger partial charge in [-0.25, -0.2) is 4.98 Å². The summed E-state index contributed by atoms with van der Waals surface area (Å²) in [6, 6.07) is 10.3. The van der Waals surface area contributed by atoms with Crippen molar-refractivity contribution in [2.75, 3.05) is 43.4 Å². The van der Waals surface area contributed by atoms with Crippen LogP contribution in [-0.2, 0) is 0 Å². The number of hydrogen-bond donors (Lipinski definition) is 2. The highest BCUT2D eigenvalue weighted by atomic mass is 32.1. The standard InChI is InChI=1S/C22H25N7OS/c1-14-10-16-11-17(4-5-18(16)24-14)30-21-25-19(26-22-23-13-15(2)31-22)12-20(27-21)29-8-6-28(3)7-9-29/h4-5,10-13,24H,6-9H2,1-3H3,(H,23,25,26,27). The molecule has 0 spiro atoms. The van der Waals surface area contributed by atoms with Crippen molar-refractivity contribution in [2.45, 2.75) is 13.8 Å². The first kappa shape index (κ1) is 19.8. The molecule has 5 rings (SSSR count). The molecule has 0 aliphatic carbocycles. The van der Waals surface area contributed by atoms with Gasteiger partial charge in [0.2, 0.25) is 0 Å². The maximum Gasteiger partial charge on any atom is 0.325 e. The van der Waals surface area contributed by atoms with E-state index in [0.717, 1.165) is 58.6 Å². The molecule has 1 saturated heterocycles. The average molecular weight is 436 g/mol. The van der Waals surface area contributed by atoms with Gasteiger partial charge in [-0.3, -0.25) is 0 Å². The molecule has 0 radical (unpaired) electrons. The van der Waals surface area contributed by atoms with Gasteiger partial charge >= 0.3 is 6.01 Å². The average Bonchev–Trinajstić information content (AvgIpc) is 3.32. The normalized spacial score (nSPS) is 14.9. The molecule has 31 heavy (non-hydrogen) atoms. The summed E-state index contributed by atoms with van der Waals surface area (Å²) in [5.74, 6) is 2.23. The summed E-state index contributed by atoms with van der Waals surface area (Å²) in [6.45, 7) is 7.90. The van der Waals surface area contributed by atoms with Crippen LogP contribution in [0.25, 0.3) is 10.9 Å². The first-order valence-corrected chi connectivity index (χ1v) is 11.1. The maximum atomic E-state index is 6.10. The Morgan fingerprint density at radius 1 is 1.06 bits per heavy atom. The van der Waals surface area contributed by atoms with E-state index in [4.69, 9.17) is 9.72 Å². The van der Waals surface area contributed by atoms with Crippen LogP contribution in [0.2, 0.25) is 0 Å². The Labute approximate surface area is 184 Å². The zero-order valence-electron chi connectivity index (χ0n) is 17.8. The summed E-state index contributed by atoms with van der Waals surface area (Å²) in [4.78, 5) is 22.8. The molecule has 0 unspecified atom stereocenters. The summed E-state index contributed by atoms with van der Waals surface area (Å²) in [7, 11) is 2.14. The van der Waals surface area contributed by atoms with Crippen LogP contribution in [0.15, 0.2) is 36.5 Å². The van der Waals surface area contributed by atoms with Gasteiger partial charge in [0.25, 0.3) is 0 Å². The van der Waals surface area contributed by atoms with E-state index in [-0.39, 0.29) is 0 Å². The van der Waals surface area contributed by atoms with Crippen molar-refractivity contribution in [3.63, 3.8) is 0 Å². The predicted molar refractivity (Wildman–Crippen MR) is 125 cm³/mol. The van der Waals surface area contributed by atoms with E-state index in [0.29, 0.717) is 17.6 Å². The molecule has 1 aliphatic rings. The van der Waals surface area contributed by atoms with Crippen LogP contribution in [-0.4, -0.2) is 58.1 Å². The number of ether oxygens (including phenoxy) is 1. The van der Waals surface area contributed by atoms with Gasteiger partial charge in [0.1, 0.15) is 17.4 Å². The van der Waals surface area contributed by atoms with Crippen molar-refractivity contribution in [1.29, 1.82) is 0 Å². The lowest BCUT2D eigenvalue weighted by atomic mass is 10.2. The quantitative estimate of drug-likeness (QED) is 0.483. The molecule has 0 atom stereocenters. The Hall–Kier alpha value is -3.17. The van der Waals surface area contributed by atoms with Gasteiger partial charge in [0, 0.05) is 59.9 Å². The van der Waals surface area contributed by atoms with Crippen molar-refractivity contribution in [1.82, 2.24) is 24.8 Å². The Bertz CT molecular complexity index is 1210. The minimum atomic E-state index is 0.318. The van der Waals surface area contributed by atoms with E-state index in [2.05, 4.69) is 43.2 Å². The molecule has 9 heteroatoms. The second kappa shape index (κ2) is 8.16. The van der Waals surface area contributed by atoms with Crippen molar-refractivity contribution >= 4 is 39.0 Å². The lowest BCUT2D eigenvalue weighted by Crippen LogP contribution is -2.44. The zero-order chi connectivity index (χ0) is 21.4. The number of anilines is 3. The highest BCUT2D eigenvalue weighted by Crippen LogP contribution is 2.29. The van der Waals surface area contributed by atoms with Gasteiger partial charge in [0.15, 0.2) is 5.13 Å². The SMILES string of the molecule is Cc1cc2cc(Oc3nc(Nc4ncc(C)s4)cc(N4CCN(C)CC4)n3)ccc2[nH]1. The van der Waals surface area contributed by atoms with Gasteiger partial charge < -0.3 is 24.8 Å². The highest BCUT2D eigenvalue weighted by Gasteiger charge is 2.18. The van der Waals surface area contributed by atoms with Gasteiger partial charge in [-0.15, -0.1) is 11.3 Å². The lowest BCUT2D eigenvalue weighted by molar-refractivity contribution is 0.311. The number of aromatic nitrogens is 4. The largest absolute Gasteiger partial charge is 0.424 e. The van der Waals surface area contributed by atoms with E-state index in [1.54, 1.807) is 11.3 Å². The number of hydrogen-bond acceptors (Lipinski definition) is 8. The minimum absolute atomic E-state index is 0.318. The van der Waals surface area contributed by atoms with Gasteiger partial charge in [0.05, 0.1) is 0 Å². The van der Waals surface area contributed by atoms with Crippen LogP contribution in [0.1, 0.15) is 10.6 Å². The minimum Gasteiger partial charge on any atom is -0.424 e. The van der Waals surface area contributed by atoms with Crippen LogP contribution in [0, 0.1) is 13.8 Å². The number of nitrogens with one attached hydrogen (secondary N) is 2. The van der Waals surface area contributed by atoms with Gasteiger partial charge in [-0.05, 0) is 45.2 Å². The molecule has 0 amide bonds. The number of H-pyrrole nitrogens is 1. The fraction of sp³-hybridized carbons (Fsp3) is 0.318. The monoisotopic (exact) mass is 435 g/mol. The first-order chi connectivity index (χ1) is 15.0. The third-order valence-electron chi connectivity index (χ3n) is 5.31. The molecule has 4 aromatic rings. The molecule has 3 aromatic heterocycles. The van der Waals surface area contributed by atoms with Crippen LogP contribution in [0.4, 0.5) is 16.8 Å². The molecule has 1 aromatic carbocycles. The van der Waals surface area contributed by atoms with Crippen molar-refractivity contribution in [2.24, 2.45) is 0 Å². The van der Waals surface area contributed by atoms with E-state index < -0.39 is 0 Å². The fourth-order valence-electron chi connectivity index (χ4n) is 3.67. The van der Waals surface area contributed by atoms with Crippen LogP contribution < -0.4 is 15.0 Å². The van der Waals surface area contributed by atoms with E-state index in [1.807, 2.05) is 44.3 Å². The third kappa shape index (κ3) is 4.47. The number of thiazole rings is 1. The second-order valence-electron chi connectivity index (χ2n) is 7.89. The van der Waals surface area contributed by atoms with E-state index in [9.17, 15) is 0 Å². The second-order valence-corrected chi connectivity index (χ2v) is 9.12. The predicted octanol–water partition coefficient (Wildman–Crippen LogP) is 4.32. The Morgan fingerprint density at radius 3 is 2.68 bits per heavy atom. The van der Waals surface area contributed by atoms with Crippen LogP contribution >= 0.6 is 11.3 Å². The Kier molecular flexibility index (Phi) is 5.21.